The third-order valence-corrected chi connectivity index (χ3v) is 5.03. The Hall–Kier alpha value is -2.69. The number of phenols is 1. The van der Waals surface area contributed by atoms with Crippen molar-refractivity contribution in [3.63, 3.8) is 0 Å². The van der Waals surface area contributed by atoms with E-state index in [2.05, 4.69) is 10.2 Å². The molecule has 1 N–H and O–H groups in total. The van der Waals surface area contributed by atoms with Crippen LogP contribution in [0.4, 0.5) is 4.39 Å². The van der Waals surface area contributed by atoms with E-state index >= 15 is 0 Å². The zero-order valence-corrected chi connectivity index (χ0v) is 13.4. The number of phenolic OH excluding ortho intramolecular Hbond substituents is 1. The molecular formula is C19H18FN3O. The highest BCUT2D eigenvalue weighted by Crippen LogP contribution is 2.48. The van der Waals surface area contributed by atoms with Crippen LogP contribution >= 0.6 is 0 Å². The van der Waals surface area contributed by atoms with Gasteiger partial charge in [-0.15, -0.1) is 10.2 Å². The molecular weight excluding hydrogens is 305 g/mol. The first-order chi connectivity index (χ1) is 11.6. The third-order valence-electron chi connectivity index (χ3n) is 5.03. The molecule has 0 radical (unpaired) electrons. The van der Waals surface area contributed by atoms with Crippen LogP contribution in [0.3, 0.4) is 0 Å². The van der Waals surface area contributed by atoms with Gasteiger partial charge in [0.15, 0.2) is 5.82 Å². The van der Waals surface area contributed by atoms with Gasteiger partial charge in [0.2, 0.25) is 0 Å². The standard InChI is InChI=1S/C19H18FN3O/c1-23-17(13-3-9-16(24)10-4-13)21-22-18(23)19(11-2-12-19)14-5-7-15(20)8-6-14/h3-10,24H,2,11-12H2,1H3. The van der Waals surface area contributed by atoms with E-state index in [0.717, 1.165) is 42.0 Å². The first kappa shape index (κ1) is 14.9. The molecule has 0 amide bonds. The van der Waals surface area contributed by atoms with Gasteiger partial charge in [0.1, 0.15) is 17.4 Å². The van der Waals surface area contributed by atoms with Crippen molar-refractivity contribution >= 4 is 0 Å². The smallest absolute Gasteiger partial charge is 0.163 e. The average molecular weight is 323 g/mol. The van der Waals surface area contributed by atoms with E-state index in [1.54, 1.807) is 12.1 Å². The number of halogens is 1. The van der Waals surface area contributed by atoms with Gasteiger partial charge in [-0.2, -0.15) is 0 Å². The molecule has 1 aliphatic rings. The highest BCUT2D eigenvalue weighted by atomic mass is 19.1. The quantitative estimate of drug-likeness (QED) is 0.797. The Labute approximate surface area is 139 Å². The van der Waals surface area contributed by atoms with Gasteiger partial charge in [-0.05, 0) is 54.8 Å². The second kappa shape index (κ2) is 5.44. The zero-order valence-electron chi connectivity index (χ0n) is 13.4. The second-order valence-corrected chi connectivity index (χ2v) is 6.40. The minimum Gasteiger partial charge on any atom is -0.508 e. The Morgan fingerprint density at radius 3 is 2.25 bits per heavy atom. The summed E-state index contributed by atoms with van der Waals surface area (Å²) in [6.07, 6.45) is 3.10. The van der Waals surface area contributed by atoms with Gasteiger partial charge in [-0.3, -0.25) is 0 Å². The van der Waals surface area contributed by atoms with Crippen molar-refractivity contribution in [3.05, 3.63) is 65.7 Å². The Kier molecular flexibility index (Phi) is 3.37. The first-order valence-corrected chi connectivity index (χ1v) is 8.05. The summed E-state index contributed by atoms with van der Waals surface area (Å²) in [7, 11) is 1.96. The van der Waals surface area contributed by atoms with Crippen molar-refractivity contribution in [2.45, 2.75) is 24.7 Å². The summed E-state index contributed by atoms with van der Waals surface area (Å²) in [4.78, 5) is 0. The molecule has 122 valence electrons. The summed E-state index contributed by atoms with van der Waals surface area (Å²) < 4.78 is 15.3. The Morgan fingerprint density at radius 1 is 1.00 bits per heavy atom. The van der Waals surface area contributed by atoms with Gasteiger partial charge < -0.3 is 9.67 Å². The van der Waals surface area contributed by atoms with Gasteiger partial charge in [0, 0.05) is 12.6 Å². The average Bonchev–Trinajstić information content (AvgIpc) is 2.91. The third kappa shape index (κ3) is 2.19. The van der Waals surface area contributed by atoms with Crippen LogP contribution in [0.2, 0.25) is 0 Å². The highest BCUT2D eigenvalue weighted by Gasteiger charge is 2.44. The van der Waals surface area contributed by atoms with Crippen LogP contribution in [-0.2, 0) is 12.5 Å². The van der Waals surface area contributed by atoms with E-state index in [0.29, 0.717) is 0 Å². The lowest BCUT2D eigenvalue weighted by Gasteiger charge is -2.41. The summed E-state index contributed by atoms with van der Waals surface area (Å²) in [6, 6.07) is 13.7. The van der Waals surface area contributed by atoms with Gasteiger partial charge >= 0.3 is 0 Å². The lowest BCUT2D eigenvalue weighted by molar-refractivity contribution is 0.278. The molecule has 1 aliphatic carbocycles. The van der Waals surface area contributed by atoms with Crippen LogP contribution in [0.5, 0.6) is 5.75 Å². The molecule has 1 fully saturated rings. The fourth-order valence-corrected chi connectivity index (χ4v) is 3.55. The summed E-state index contributed by atoms with van der Waals surface area (Å²) >= 11 is 0. The normalized spacial score (nSPS) is 15.9. The first-order valence-electron chi connectivity index (χ1n) is 8.05. The van der Waals surface area contributed by atoms with E-state index in [1.165, 1.54) is 12.1 Å². The summed E-state index contributed by atoms with van der Waals surface area (Å²) in [5, 5.41) is 18.3. The maximum absolute atomic E-state index is 13.3. The molecule has 4 nitrogen and oxygen atoms in total. The number of nitrogens with zero attached hydrogens (tertiary/aromatic N) is 3. The highest BCUT2D eigenvalue weighted by molar-refractivity contribution is 5.57. The Balaban J connectivity index is 1.78. The fraction of sp³-hybridized carbons (Fsp3) is 0.263. The molecule has 5 heteroatoms. The molecule has 3 aromatic rings. The number of aromatic hydroxyl groups is 1. The van der Waals surface area contributed by atoms with Crippen LogP contribution in [-0.4, -0.2) is 19.9 Å². The zero-order chi connectivity index (χ0) is 16.7. The predicted octanol–water partition coefficient (Wildman–Crippen LogP) is 3.80. The van der Waals surface area contributed by atoms with E-state index in [-0.39, 0.29) is 17.0 Å². The van der Waals surface area contributed by atoms with Gasteiger partial charge in [0.25, 0.3) is 0 Å². The molecule has 1 heterocycles. The SMILES string of the molecule is Cn1c(-c2ccc(O)cc2)nnc1C1(c2ccc(F)cc2)CCC1. The monoisotopic (exact) mass is 323 g/mol. The number of aromatic nitrogens is 3. The molecule has 0 saturated heterocycles. The number of hydrogen-bond donors (Lipinski definition) is 1. The van der Waals surface area contributed by atoms with E-state index in [1.807, 2.05) is 35.9 Å². The molecule has 1 saturated carbocycles. The van der Waals surface area contributed by atoms with E-state index < -0.39 is 0 Å². The lowest BCUT2D eigenvalue weighted by atomic mass is 9.64. The molecule has 4 rings (SSSR count). The van der Waals surface area contributed by atoms with Crippen LogP contribution in [0, 0.1) is 5.82 Å². The van der Waals surface area contributed by atoms with Gasteiger partial charge in [-0.25, -0.2) is 4.39 Å². The van der Waals surface area contributed by atoms with Crippen molar-refractivity contribution in [2.75, 3.05) is 0 Å². The number of rotatable bonds is 3. The second-order valence-electron chi connectivity index (χ2n) is 6.40. The van der Waals surface area contributed by atoms with Crippen LogP contribution < -0.4 is 0 Å². The molecule has 0 atom stereocenters. The minimum atomic E-state index is -0.226. The van der Waals surface area contributed by atoms with E-state index in [9.17, 15) is 9.50 Å². The Bertz CT molecular complexity index is 865. The molecule has 0 unspecified atom stereocenters. The van der Waals surface area contributed by atoms with Gasteiger partial charge in [-0.1, -0.05) is 18.6 Å². The summed E-state index contributed by atoms with van der Waals surface area (Å²) in [5.41, 5.74) is 1.80. The van der Waals surface area contributed by atoms with Crippen molar-refractivity contribution in [3.8, 4) is 17.1 Å². The largest absolute Gasteiger partial charge is 0.508 e. The topological polar surface area (TPSA) is 50.9 Å². The summed E-state index contributed by atoms with van der Waals surface area (Å²) in [5.74, 6) is 1.67. The Morgan fingerprint density at radius 2 is 1.67 bits per heavy atom. The molecule has 0 bridgehead atoms. The molecule has 2 aromatic carbocycles. The summed E-state index contributed by atoms with van der Waals surface area (Å²) in [6.45, 7) is 0. The molecule has 1 aromatic heterocycles. The fourth-order valence-electron chi connectivity index (χ4n) is 3.55. The van der Waals surface area contributed by atoms with Gasteiger partial charge in [0.05, 0.1) is 5.41 Å². The minimum absolute atomic E-state index is 0.190. The van der Waals surface area contributed by atoms with Crippen LogP contribution in [0.15, 0.2) is 48.5 Å². The lowest BCUT2D eigenvalue weighted by Crippen LogP contribution is -2.38. The van der Waals surface area contributed by atoms with Crippen molar-refractivity contribution in [1.29, 1.82) is 0 Å². The number of benzene rings is 2. The van der Waals surface area contributed by atoms with Crippen molar-refractivity contribution in [2.24, 2.45) is 7.05 Å². The molecule has 24 heavy (non-hydrogen) atoms. The number of hydrogen-bond acceptors (Lipinski definition) is 3. The maximum atomic E-state index is 13.3. The molecule has 0 aliphatic heterocycles. The van der Waals surface area contributed by atoms with Crippen molar-refractivity contribution < 1.29 is 9.50 Å². The van der Waals surface area contributed by atoms with Crippen LogP contribution in [0.1, 0.15) is 30.7 Å². The van der Waals surface area contributed by atoms with Crippen molar-refractivity contribution in [1.82, 2.24) is 14.8 Å². The maximum Gasteiger partial charge on any atom is 0.163 e. The van der Waals surface area contributed by atoms with Crippen LogP contribution in [0.25, 0.3) is 11.4 Å². The molecule has 0 spiro atoms. The van der Waals surface area contributed by atoms with E-state index in [4.69, 9.17) is 0 Å². The predicted molar refractivity (Wildman–Crippen MR) is 89.1 cm³/mol.